The summed E-state index contributed by atoms with van der Waals surface area (Å²) in [6.45, 7) is 2.38. The van der Waals surface area contributed by atoms with Crippen molar-refractivity contribution in [2.24, 2.45) is 0 Å². The number of aromatic nitrogens is 1. The summed E-state index contributed by atoms with van der Waals surface area (Å²) in [4.78, 5) is 14.9. The molecule has 0 N–H and O–H groups in total. The Morgan fingerprint density at radius 1 is 1.64 bits per heavy atom. The predicted molar refractivity (Wildman–Crippen MR) is 49.6 cm³/mol. The number of halogens is 1. The molecule has 1 rings (SSSR count). The Hall–Kier alpha value is -1.29. The van der Waals surface area contributed by atoms with Gasteiger partial charge in [0.05, 0.1) is 11.8 Å². The van der Waals surface area contributed by atoms with Crippen LogP contribution in [-0.4, -0.2) is 24.0 Å². The number of Topliss-reactive ketones (excluding diaryl/α,β-unsaturated/α-hetero) is 1. The summed E-state index contributed by atoms with van der Waals surface area (Å²) in [6.07, 6.45) is 3.25. The second-order valence-corrected chi connectivity index (χ2v) is 2.83. The quantitative estimate of drug-likeness (QED) is 0.534. The lowest BCUT2D eigenvalue weighted by Gasteiger charge is -2.02. The fourth-order valence-corrected chi connectivity index (χ4v) is 0.988. The van der Waals surface area contributed by atoms with E-state index in [1.165, 1.54) is 12.3 Å². The maximum atomic E-state index is 13.0. The molecule has 0 aromatic carbocycles. The van der Waals surface area contributed by atoms with Crippen molar-refractivity contribution in [3.05, 3.63) is 29.8 Å². The second-order valence-electron chi connectivity index (χ2n) is 2.83. The topological polar surface area (TPSA) is 39.2 Å². The van der Waals surface area contributed by atoms with Crippen molar-refractivity contribution in [3.63, 3.8) is 0 Å². The minimum absolute atomic E-state index is 0.0381. The summed E-state index contributed by atoms with van der Waals surface area (Å²) >= 11 is 0. The van der Waals surface area contributed by atoms with Crippen molar-refractivity contribution in [1.82, 2.24) is 4.98 Å². The zero-order valence-electron chi connectivity index (χ0n) is 8.00. The molecule has 0 saturated carbocycles. The van der Waals surface area contributed by atoms with Gasteiger partial charge in [0.1, 0.15) is 6.61 Å². The average Bonchev–Trinajstić information content (AvgIpc) is 2.18. The summed E-state index contributed by atoms with van der Waals surface area (Å²) < 4.78 is 18.0. The van der Waals surface area contributed by atoms with Crippen molar-refractivity contribution in [3.8, 4) is 0 Å². The molecule has 1 heterocycles. The first-order valence-electron chi connectivity index (χ1n) is 4.46. The van der Waals surface area contributed by atoms with Crippen LogP contribution in [0, 0.1) is 5.82 Å². The van der Waals surface area contributed by atoms with Gasteiger partial charge in [-0.2, -0.15) is 0 Å². The van der Waals surface area contributed by atoms with Gasteiger partial charge in [0.25, 0.3) is 0 Å². The van der Waals surface area contributed by atoms with Crippen LogP contribution in [0.5, 0.6) is 0 Å². The monoisotopic (exact) mass is 197 g/mol. The van der Waals surface area contributed by atoms with E-state index in [2.05, 4.69) is 4.98 Å². The first kappa shape index (κ1) is 10.8. The van der Waals surface area contributed by atoms with E-state index in [0.717, 1.165) is 12.6 Å². The molecule has 14 heavy (non-hydrogen) atoms. The summed E-state index contributed by atoms with van der Waals surface area (Å²) in [7, 11) is 0. The maximum Gasteiger partial charge on any atom is 0.191 e. The van der Waals surface area contributed by atoms with Gasteiger partial charge >= 0.3 is 0 Å². The smallest absolute Gasteiger partial charge is 0.191 e. The van der Waals surface area contributed by atoms with Crippen molar-refractivity contribution < 1.29 is 13.9 Å². The van der Waals surface area contributed by atoms with Gasteiger partial charge < -0.3 is 4.74 Å². The summed E-state index contributed by atoms with van der Waals surface area (Å²) in [5, 5.41) is 0. The molecule has 1 aromatic heterocycles. The SMILES string of the molecule is CCCOCC(=O)c1ccncc1F. The standard InChI is InChI=1S/C10H12FNO2/c1-2-5-14-7-10(13)8-3-4-12-6-9(8)11/h3-4,6H,2,5,7H2,1H3. The highest BCUT2D eigenvalue weighted by molar-refractivity contribution is 5.97. The molecule has 0 saturated heterocycles. The molecule has 0 aliphatic carbocycles. The zero-order valence-corrected chi connectivity index (χ0v) is 8.00. The fraction of sp³-hybridized carbons (Fsp3) is 0.400. The van der Waals surface area contributed by atoms with Gasteiger partial charge in [-0.1, -0.05) is 6.92 Å². The highest BCUT2D eigenvalue weighted by Crippen LogP contribution is 2.05. The summed E-state index contributed by atoms with van der Waals surface area (Å²) in [6, 6.07) is 1.35. The second kappa shape index (κ2) is 5.44. The zero-order chi connectivity index (χ0) is 10.4. The lowest BCUT2D eigenvalue weighted by molar-refractivity contribution is 0.0757. The van der Waals surface area contributed by atoms with Gasteiger partial charge in [-0.15, -0.1) is 0 Å². The van der Waals surface area contributed by atoms with Crippen molar-refractivity contribution in [2.75, 3.05) is 13.2 Å². The normalized spacial score (nSPS) is 10.1. The van der Waals surface area contributed by atoms with Crippen LogP contribution >= 0.6 is 0 Å². The van der Waals surface area contributed by atoms with E-state index < -0.39 is 5.82 Å². The van der Waals surface area contributed by atoms with Gasteiger partial charge in [0.15, 0.2) is 11.6 Å². The van der Waals surface area contributed by atoms with E-state index in [1.54, 1.807) is 0 Å². The third-order valence-electron chi connectivity index (χ3n) is 1.65. The van der Waals surface area contributed by atoms with Crippen molar-refractivity contribution >= 4 is 5.78 Å². The largest absolute Gasteiger partial charge is 0.373 e. The van der Waals surface area contributed by atoms with Crippen LogP contribution < -0.4 is 0 Å². The molecule has 0 aliphatic rings. The Morgan fingerprint density at radius 2 is 2.43 bits per heavy atom. The van der Waals surface area contributed by atoms with E-state index >= 15 is 0 Å². The number of rotatable bonds is 5. The Kier molecular flexibility index (Phi) is 4.19. The Balaban J connectivity index is 2.56. The van der Waals surface area contributed by atoms with Gasteiger partial charge in [-0.05, 0) is 12.5 Å². The van der Waals surface area contributed by atoms with E-state index in [1.807, 2.05) is 6.92 Å². The number of carbonyl (C=O) groups is 1. The molecule has 0 bridgehead atoms. The molecular weight excluding hydrogens is 185 g/mol. The minimum atomic E-state index is -0.599. The molecule has 0 amide bonds. The van der Waals surface area contributed by atoms with Crippen molar-refractivity contribution in [1.29, 1.82) is 0 Å². The van der Waals surface area contributed by atoms with Gasteiger partial charge in [0.2, 0.25) is 0 Å². The van der Waals surface area contributed by atoms with Crippen LogP contribution in [-0.2, 0) is 4.74 Å². The summed E-state index contributed by atoms with van der Waals surface area (Å²) in [5.74, 6) is -0.948. The third kappa shape index (κ3) is 2.88. The van der Waals surface area contributed by atoms with Gasteiger partial charge in [-0.3, -0.25) is 9.78 Å². The van der Waals surface area contributed by atoms with E-state index in [9.17, 15) is 9.18 Å². The number of pyridine rings is 1. The van der Waals surface area contributed by atoms with E-state index in [-0.39, 0.29) is 18.0 Å². The van der Waals surface area contributed by atoms with Crippen LogP contribution in [0.15, 0.2) is 18.5 Å². The molecule has 4 heteroatoms. The molecule has 3 nitrogen and oxygen atoms in total. The number of ketones is 1. The first-order chi connectivity index (χ1) is 6.75. The average molecular weight is 197 g/mol. The van der Waals surface area contributed by atoms with E-state index in [0.29, 0.717) is 6.61 Å². The fourth-order valence-electron chi connectivity index (χ4n) is 0.988. The Morgan fingerprint density at radius 3 is 3.07 bits per heavy atom. The van der Waals surface area contributed by atoms with Crippen LogP contribution in [0.2, 0.25) is 0 Å². The Bertz CT molecular complexity index is 315. The molecule has 1 aromatic rings. The number of hydrogen-bond donors (Lipinski definition) is 0. The highest BCUT2D eigenvalue weighted by Gasteiger charge is 2.10. The molecule has 0 spiro atoms. The van der Waals surface area contributed by atoms with Gasteiger partial charge in [-0.25, -0.2) is 4.39 Å². The van der Waals surface area contributed by atoms with Crippen LogP contribution in [0.3, 0.4) is 0 Å². The molecule has 76 valence electrons. The number of nitrogens with zero attached hydrogens (tertiary/aromatic N) is 1. The van der Waals surface area contributed by atoms with Crippen LogP contribution in [0.1, 0.15) is 23.7 Å². The Labute approximate surface area is 81.9 Å². The molecule has 0 aliphatic heterocycles. The summed E-state index contributed by atoms with van der Waals surface area (Å²) in [5.41, 5.74) is 0.0381. The molecule has 0 fully saturated rings. The number of carbonyl (C=O) groups excluding carboxylic acids is 1. The molecule has 0 atom stereocenters. The molecular formula is C10H12FNO2. The predicted octanol–water partition coefficient (Wildman–Crippen LogP) is 1.83. The van der Waals surface area contributed by atoms with Crippen LogP contribution in [0.4, 0.5) is 4.39 Å². The lowest BCUT2D eigenvalue weighted by atomic mass is 10.2. The molecule has 0 radical (unpaired) electrons. The minimum Gasteiger partial charge on any atom is -0.373 e. The lowest BCUT2D eigenvalue weighted by Crippen LogP contribution is -2.11. The van der Waals surface area contributed by atoms with Crippen molar-refractivity contribution in [2.45, 2.75) is 13.3 Å². The number of hydrogen-bond acceptors (Lipinski definition) is 3. The number of ether oxygens (including phenoxy) is 1. The molecule has 0 unspecified atom stereocenters. The first-order valence-corrected chi connectivity index (χ1v) is 4.46. The van der Waals surface area contributed by atoms with Crippen LogP contribution in [0.25, 0.3) is 0 Å². The van der Waals surface area contributed by atoms with E-state index in [4.69, 9.17) is 4.74 Å². The van der Waals surface area contributed by atoms with Gasteiger partial charge in [0, 0.05) is 12.8 Å². The highest BCUT2D eigenvalue weighted by atomic mass is 19.1. The maximum absolute atomic E-state index is 13.0. The third-order valence-corrected chi connectivity index (χ3v) is 1.65.